The van der Waals surface area contributed by atoms with Gasteiger partial charge in [-0.15, -0.1) is 0 Å². The topological polar surface area (TPSA) is 9.23 Å². The van der Waals surface area contributed by atoms with Crippen LogP contribution in [0.15, 0.2) is 24.3 Å². The summed E-state index contributed by atoms with van der Waals surface area (Å²) in [6.45, 7) is 10.4. The SMILES string of the molecule is CC.CCc1ccccc1OP(C)C.P. The van der Waals surface area contributed by atoms with Crippen LogP contribution < -0.4 is 4.52 Å². The molecule has 0 radical (unpaired) electrons. The van der Waals surface area contributed by atoms with Crippen molar-refractivity contribution in [2.45, 2.75) is 27.2 Å². The number of hydrogen-bond acceptors (Lipinski definition) is 1. The zero-order valence-electron chi connectivity index (χ0n) is 10.6. The van der Waals surface area contributed by atoms with Crippen molar-refractivity contribution >= 4 is 18.0 Å². The van der Waals surface area contributed by atoms with Gasteiger partial charge in [-0.05, 0) is 31.4 Å². The van der Waals surface area contributed by atoms with Gasteiger partial charge in [-0.1, -0.05) is 39.0 Å². The third kappa shape index (κ3) is 6.88. The summed E-state index contributed by atoms with van der Waals surface area (Å²) < 4.78 is 5.70. The van der Waals surface area contributed by atoms with E-state index < -0.39 is 0 Å². The van der Waals surface area contributed by atoms with E-state index in [0.29, 0.717) is 0 Å². The van der Waals surface area contributed by atoms with Gasteiger partial charge in [-0.2, -0.15) is 9.90 Å². The Kier molecular flexibility index (Phi) is 12.0. The molecular weight excluding hydrogens is 222 g/mol. The van der Waals surface area contributed by atoms with Gasteiger partial charge >= 0.3 is 0 Å². The lowest BCUT2D eigenvalue weighted by atomic mass is 10.1. The lowest BCUT2D eigenvalue weighted by molar-refractivity contribution is 0.613. The molecule has 1 unspecified atom stereocenters. The molecule has 1 rings (SSSR count). The summed E-state index contributed by atoms with van der Waals surface area (Å²) in [5.41, 5.74) is 1.30. The monoisotopic (exact) mass is 246 g/mol. The maximum atomic E-state index is 5.70. The quantitative estimate of drug-likeness (QED) is 0.720. The zero-order chi connectivity index (χ0) is 11.0. The molecule has 0 amide bonds. The number of benzene rings is 1. The first-order valence-electron chi connectivity index (χ1n) is 5.17. The number of hydrogen-bond donors (Lipinski definition) is 0. The zero-order valence-corrected chi connectivity index (χ0v) is 12.9. The van der Waals surface area contributed by atoms with Crippen molar-refractivity contribution in [2.24, 2.45) is 0 Å². The molecular formula is C12H24OP2. The molecule has 0 bridgehead atoms. The molecule has 0 saturated carbocycles. The molecule has 1 atom stereocenters. The van der Waals surface area contributed by atoms with E-state index in [9.17, 15) is 0 Å². The number of aryl methyl sites for hydroxylation is 1. The van der Waals surface area contributed by atoms with Gasteiger partial charge in [0.25, 0.3) is 0 Å². The summed E-state index contributed by atoms with van der Waals surface area (Å²) in [6, 6.07) is 8.24. The highest BCUT2D eigenvalue weighted by Gasteiger charge is 2.01. The van der Waals surface area contributed by atoms with Crippen molar-refractivity contribution in [3.8, 4) is 5.75 Å². The van der Waals surface area contributed by atoms with Gasteiger partial charge in [0.05, 0.1) is 8.15 Å². The van der Waals surface area contributed by atoms with Gasteiger partial charge in [0.15, 0.2) is 0 Å². The van der Waals surface area contributed by atoms with Gasteiger partial charge < -0.3 is 4.52 Å². The highest BCUT2D eigenvalue weighted by molar-refractivity contribution is 7.51. The van der Waals surface area contributed by atoms with Crippen LogP contribution in [-0.4, -0.2) is 13.3 Å². The Bertz CT molecular complexity index is 249. The van der Waals surface area contributed by atoms with Crippen LogP contribution in [0, 0.1) is 0 Å². The predicted octanol–water partition coefficient (Wildman–Crippen LogP) is 4.37. The Labute approximate surface area is 99.1 Å². The molecule has 0 spiro atoms. The maximum absolute atomic E-state index is 5.70. The molecule has 1 nitrogen and oxygen atoms in total. The fraction of sp³-hybridized carbons (Fsp3) is 0.500. The standard InChI is InChI=1S/C10H15OP.C2H6.H3P/c1-4-9-7-5-6-8-10(9)11-12(2)3;1-2;/h5-8H,4H2,1-3H3;1-2H3;1H3. The van der Waals surface area contributed by atoms with Crippen LogP contribution in [0.25, 0.3) is 0 Å². The normalized spacial score (nSPS) is 8.67. The first-order chi connectivity index (χ1) is 6.74. The van der Waals surface area contributed by atoms with Crippen LogP contribution in [-0.2, 0) is 6.42 Å². The van der Waals surface area contributed by atoms with Crippen LogP contribution in [0.4, 0.5) is 0 Å². The first kappa shape index (κ1) is 17.3. The van der Waals surface area contributed by atoms with E-state index in [4.69, 9.17) is 4.52 Å². The lowest BCUT2D eigenvalue weighted by Gasteiger charge is -2.12. The van der Waals surface area contributed by atoms with E-state index in [1.807, 2.05) is 26.0 Å². The summed E-state index contributed by atoms with van der Waals surface area (Å²) in [5, 5.41) is 0. The van der Waals surface area contributed by atoms with Crippen LogP contribution in [0.3, 0.4) is 0 Å². The Hall–Kier alpha value is -0.120. The minimum atomic E-state index is -0.299. The Morgan fingerprint density at radius 1 is 1.13 bits per heavy atom. The molecule has 3 heteroatoms. The summed E-state index contributed by atoms with van der Waals surface area (Å²) in [7, 11) is -0.299. The molecule has 88 valence electrons. The number of para-hydroxylation sites is 1. The molecule has 0 fully saturated rings. The average Bonchev–Trinajstić information content (AvgIpc) is 2.21. The fourth-order valence-electron chi connectivity index (χ4n) is 1.08. The van der Waals surface area contributed by atoms with Crippen molar-refractivity contribution in [3.63, 3.8) is 0 Å². The molecule has 15 heavy (non-hydrogen) atoms. The molecule has 0 heterocycles. The molecule has 0 aliphatic carbocycles. The second-order valence-corrected chi connectivity index (χ2v) is 4.67. The van der Waals surface area contributed by atoms with Crippen molar-refractivity contribution in [1.82, 2.24) is 0 Å². The minimum absolute atomic E-state index is 0. The van der Waals surface area contributed by atoms with E-state index >= 15 is 0 Å². The molecule has 0 N–H and O–H groups in total. The van der Waals surface area contributed by atoms with Crippen LogP contribution in [0.1, 0.15) is 26.3 Å². The van der Waals surface area contributed by atoms with E-state index in [1.165, 1.54) is 5.56 Å². The Morgan fingerprint density at radius 3 is 2.13 bits per heavy atom. The molecule has 0 saturated heterocycles. The summed E-state index contributed by atoms with van der Waals surface area (Å²) in [4.78, 5) is 0. The fourth-order valence-corrected chi connectivity index (χ4v) is 1.65. The maximum Gasteiger partial charge on any atom is 0.126 e. The van der Waals surface area contributed by atoms with E-state index in [2.05, 4.69) is 32.4 Å². The van der Waals surface area contributed by atoms with Gasteiger partial charge in [0, 0.05) is 0 Å². The summed E-state index contributed by atoms with van der Waals surface area (Å²) >= 11 is 0. The molecule has 0 aromatic heterocycles. The van der Waals surface area contributed by atoms with Gasteiger partial charge in [0.1, 0.15) is 5.75 Å². The predicted molar refractivity (Wildman–Crippen MR) is 77.7 cm³/mol. The van der Waals surface area contributed by atoms with Crippen LogP contribution in [0.2, 0.25) is 0 Å². The Balaban J connectivity index is 0. The van der Waals surface area contributed by atoms with Crippen LogP contribution in [0.5, 0.6) is 5.75 Å². The molecule has 0 aliphatic rings. The van der Waals surface area contributed by atoms with Crippen molar-refractivity contribution in [3.05, 3.63) is 29.8 Å². The van der Waals surface area contributed by atoms with E-state index in [-0.39, 0.29) is 18.0 Å². The number of rotatable bonds is 3. The van der Waals surface area contributed by atoms with Crippen LogP contribution >= 0.6 is 18.0 Å². The summed E-state index contributed by atoms with van der Waals surface area (Å²) in [5.74, 6) is 1.05. The third-order valence-electron chi connectivity index (χ3n) is 1.63. The van der Waals surface area contributed by atoms with Crippen molar-refractivity contribution in [2.75, 3.05) is 13.3 Å². The lowest BCUT2D eigenvalue weighted by Crippen LogP contribution is -1.89. The third-order valence-corrected chi connectivity index (χ3v) is 2.20. The second kappa shape index (κ2) is 10.4. The average molecular weight is 246 g/mol. The minimum Gasteiger partial charge on any atom is -0.474 e. The largest absolute Gasteiger partial charge is 0.474 e. The molecule has 1 aromatic rings. The highest BCUT2D eigenvalue weighted by atomic mass is 31.1. The summed E-state index contributed by atoms with van der Waals surface area (Å²) in [6.07, 6.45) is 1.04. The molecule has 1 aromatic carbocycles. The molecule has 0 aliphatic heterocycles. The van der Waals surface area contributed by atoms with E-state index in [1.54, 1.807) is 0 Å². The Morgan fingerprint density at radius 2 is 1.67 bits per heavy atom. The highest BCUT2D eigenvalue weighted by Crippen LogP contribution is 2.32. The van der Waals surface area contributed by atoms with Crippen molar-refractivity contribution < 1.29 is 4.52 Å². The van der Waals surface area contributed by atoms with Crippen molar-refractivity contribution in [1.29, 1.82) is 0 Å². The van der Waals surface area contributed by atoms with E-state index in [0.717, 1.165) is 12.2 Å². The second-order valence-electron chi connectivity index (χ2n) is 2.86. The van der Waals surface area contributed by atoms with Gasteiger partial charge in [-0.25, -0.2) is 0 Å². The smallest absolute Gasteiger partial charge is 0.126 e. The first-order valence-corrected chi connectivity index (χ1v) is 7.32. The van der Waals surface area contributed by atoms with Gasteiger partial charge in [-0.3, -0.25) is 0 Å². The van der Waals surface area contributed by atoms with Gasteiger partial charge in [0.2, 0.25) is 0 Å².